The zero-order valence-electron chi connectivity index (χ0n) is 18.7. The molecular formula is C27H25ClN2O3. The molecule has 4 rings (SSSR count). The van der Waals surface area contributed by atoms with E-state index in [1.807, 2.05) is 66.7 Å². The number of aliphatic hydroxyl groups excluding tert-OH is 1. The number of carbonyl (C=O) groups is 1. The zero-order valence-corrected chi connectivity index (χ0v) is 19.5. The summed E-state index contributed by atoms with van der Waals surface area (Å²) in [6, 6.07) is 21.5. The molecule has 0 unspecified atom stereocenters. The Bertz CT molecular complexity index is 1220. The predicted octanol–water partition coefficient (Wildman–Crippen LogP) is 5.00. The second kappa shape index (κ2) is 9.61. The van der Waals surface area contributed by atoms with Gasteiger partial charge in [0.05, 0.1) is 18.5 Å². The molecular weight excluding hydrogens is 436 g/mol. The Labute approximate surface area is 198 Å². The standard InChI is InChI=1S/C27H25ClN2O3/c1-17(15-18-9-12-21(33-3)13-10-18)26(31)25-27(32)30(2)23-14-11-20(28)16-22(23)24(29-25)19-7-5-4-6-8-19/h4-16,25-26,31H,1-3H3/b17-15+/t25-,26+/m0/s1. The van der Waals surface area contributed by atoms with Crippen molar-refractivity contribution in [3.05, 3.63) is 100 Å². The van der Waals surface area contributed by atoms with Crippen LogP contribution < -0.4 is 9.64 Å². The number of aliphatic imine (C=N–C) groups is 1. The van der Waals surface area contributed by atoms with Gasteiger partial charge in [-0.15, -0.1) is 0 Å². The number of hydrogen-bond acceptors (Lipinski definition) is 4. The highest BCUT2D eigenvalue weighted by Crippen LogP contribution is 2.31. The molecule has 3 aromatic carbocycles. The third-order valence-electron chi connectivity index (χ3n) is 5.75. The van der Waals surface area contributed by atoms with E-state index in [0.717, 1.165) is 22.4 Å². The maximum absolute atomic E-state index is 13.4. The van der Waals surface area contributed by atoms with E-state index in [4.69, 9.17) is 21.3 Å². The van der Waals surface area contributed by atoms with Gasteiger partial charge in [-0.05, 0) is 48.4 Å². The molecule has 3 aromatic rings. The van der Waals surface area contributed by atoms with Crippen LogP contribution in [0.3, 0.4) is 0 Å². The number of halogens is 1. The zero-order chi connectivity index (χ0) is 23.5. The molecule has 1 heterocycles. The molecule has 1 amide bonds. The molecule has 6 heteroatoms. The minimum Gasteiger partial charge on any atom is -0.497 e. The average molecular weight is 461 g/mol. The van der Waals surface area contributed by atoms with Crippen LogP contribution >= 0.6 is 11.6 Å². The average Bonchev–Trinajstić information content (AvgIpc) is 2.94. The first-order valence-corrected chi connectivity index (χ1v) is 11.0. The van der Waals surface area contributed by atoms with Gasteiger partial charge in [0.25, 0.3) is 5.91 Å². The monoisotopic (exact) mass is 460 g/mol. The van der Waals surface area contributed by atoms with E-state index < -0.39 is 12.1 Å². The quantitative estimate of drug-likeness (QED) is 0.583. The lowest BCUT2D eigenvalue weighted by Gasteiger charge is -2.24. The van der Waals surface area contributed by atoms with Gasteiger partial charge in [-0.1, -0.05) is 60.1 Å². The van der Waals surface area contributed by atoms with Crippen LogP contribution in [0.2, 0.25) is 5.02 Å². The Morgan fingerprint density at radius 3 is 2.48 bits per heavy atom. The van der Waals surface area contributed by atoms with Gasteiger partial charge in [0.15, 0.2) is 6.04 Å². The van der Waals surface area contributed by atoms with Crippen LogP contribution in [0.25, 0.3) is 6.08 Å². The fourth-order valence-electron chi connectivity index (χ4n) is 3.90. The largest absolute Gasteiger partial charge is 0.497 e. The summed E-state index contributed by atoms with van der Waals surface area (Å²) in [7, 11) is 3.31. The first-order chi connectivity index (χ1) is 15.9. The van der Waals surface area contributed by atoms with Gasteiger partial charge in [0.1, 0.15) is 11.9 Å². The molecule has 0 spiro atoms. The molecule has 33 heavy (non-hydrogen) atoms. The third-order valence-corrected chi connectivity index (χ3v) is 5.98. The first kappa shape index (κ1) is 22.8. The van der Waals surface area contributed by atoms with Gasteiger partial charge in [-0.3, -0.25) is 9.79 Å². The number of nitrogens with zero attached hydrogens (tertiary/aromatic N) is 2. The number of fused-ring (bicyclic) bond motifs is 1. The van der Waals surface area contributed by atoms with Gasteiger partial charge >= 0.3 is 0 Å². The number of likely N-dealkylation sites (N-methyl/N-ethyl adjacent to an activating group) is 1. The van der Waals surface area contributed by atoms with Crippen molar-refractivity contribution >= 4 is 35.0 Å². The second-order valence-corrected chi connectivity index (χ2v) is 8.39. The summed E-state index contributed by atoms with van der Waals surface area (Å²) >= 11 is 6.30. The van der Waals surface area contributed by atoms with Crippen LogP contribution in [0.1, 0.15) is 23.6 Å². The maximum Gasteiger partial charge on any atom is 0.254 e. The summed E-state index contributed by atoms with van der Waals surface area (Å²) in [5.41, 5.74) is 4.43. The van der Waals surface area contributed by atoms with E-state index in [9.17, 15) is 9.90 Å². The van der Waals surface area contributed by atoms with Crippen molar-refractivity contribution in [3.8, 4) is 5.75 Å². The highest BCUT2D eigenvalue weighted by Gasteiger charge is 2.35. The first-order valence-electron chi connectivity index (χ1n) is 10.6. The Hall–Kier alpha value is -3.41. The number of ether oxygens (including phenoxy) is 1. The van der Waals surface area contributed by atoms with Gasteiger partial charge in [0, 0.05) is 23.2 Å². The molecule has 1 aliphatic rings. The van der Waals surface area contributed by atoms with Crippen molar-refractivity contribution in [2.24, 2.45) is 4.99 Å². The van der Waals surface area contributed by atoms with Gasteiger partial charge in [-0.25, -0.2) is 0 Å². The van der Waals surface area contributed by atoms with E-state index in [2.05, 4.69) is 0 Å². The van der Waals surface area contributed by atoms with Crippen LogP contribution in [-0.4, -0.2) is 43.0 Å². The molecule has 2 atom stereocenters. The molecule has 0 aromatic heterocycles. The van der Waals surface area contributed by atoms with E-state index in [1.165, 1.54) is 0 Å². The van der Waals surface area contributed by atoms with Gasteiger partial charge in [-0.2, -0.15) is 0 Å². The highest BCUT2D eigenvalue weighted by atomic mass is 35.5. The minimum atomic E-state index is -1.11. The third kappa shape index (κ3) is 4.70. The fourth-order valence-corrected chi connectivity index (χ4v) is 4.07. The number of aliphatic hydroxyl groups is 1. The number of hydrogen-bond donors (Lipinski definition) is 1. The summed E-state index contributed by atoms with van der Waals surface area (Å²) in [6.45, 7) is 1.80. The van der Waals surface area contributed by atoms with Crippen LogP contribution in [-0.2, 0) is 4.79 Å². The number of carbonyl (C=O) groups excluding carboxylic acids is 1. The Balaban J connectivity index is 1.79. The Kier molecular flexibility index (Phi) is 6.63. The number of benzene rings is 3. The van der Waals surface area contributed by atoms with Crippen molar-refractivity contribution in [2.75, 3.05) is 19.1 Å². The van der Waals surface area contributed by atoms with E-state index in [1.54, 1.807) is 38.1 Å². The lowest BCUT2D eigenvalue weighted by molar-refractivity contribution is -0.121. The number of methoxy groups -OCH3 is 1. The molecule has 0 fully saturated rings. The summed E-state index contributed by atoms with van der Waals surface area (Å²) in [5.74, 6) is 0.457. The summed E-state index contributed by atoms with van der Waals surface area (Å²) in [5, 5.41) is 11.8. The van der Waals surface area contributed by atoms with E-state index in [0.29, 0.717) is 22.0 Å². The van der Waals surface area contributed by atoms with Gasteiger partial charge < -0.3 is 14.7 Å². The van der Waals surface area contributed by atoms with Crippen LogP contribution in [0.15, 0.2) is 83.4 Å². The molecule has 1 aliphatic heterocycles. The molecule has 5 nitrogen and oxygen atoms in total. The normalized spacial score (nSPS) is 17.2. The van der Waals surface area contributed by atoms with Crippen molar-refractivity contribution < 1.29 is 14.6 Å². The SMILES string of the molecule is COc1ccc(/C=C(\C)[C@@H](O)[C@@H]2N=C(c3ccccc3)c3cc(Cl)ccc3N(C)C2=O)cc1. The highest BCUT2D eigenvalue weighted by molar-refractivity contribution is 6.32. The number of rotatable bonds is 5. The fraction of sp³-hybridized carbons (Fsp3) is 0.185. The Morgan fingerprint density at radius 1 is 1.12 bits per heavy atom. The summed E-state index contributed by atoms with van der Waals surface area (Å²) in [4.78, 5) is 19.8. The minimum absolute atomic E-state index is 0.292. The van der Waals surface area contributed by atoms with Gasteiger partial charge in [0.2, 0.25) is 0 Å². The van der Waals surface area contributed by atoms with Crippen LogP contribution in [0, 0.1) is 0 Å². The molecule has 0 bridgehead atoms. The topological polar surface area (TPSA) is 62.1 Å². The molecule has 0 aliphatic carbocycles. The van der Waals surface area contributed by atoms with Crippen LogP contribution in [0.4, 0.5) is 5.69 Å². The molecule has 0 saturated carbocycles. The summed E-state index contributed by atoms with van der Waals surface area (Å²) in [6.07, 6.45) is 0.745. The van der Waals surface area contributed by atoms with Crippen molar-refractivity contribution in [3.63, 3.8) is 0 Å². The number of amides is 1. The van der Waals surface area contributed by atoms with Crippen molar-refractivity contribution in [2.45, 2.75) is 19.1 Å². The van der Waals surface area contributed by atoms with Crippen LogP contribution in [0.5, 0.6) is 5.75 Å². The summed E-state index contributed by atoms with van der Waals surface area (Å²) < 4.78 is 5.20. The molecule has 1 N–H and O–H groups in total. The van der Waals surface area contributed by atoms with E-state index in [-0.39, 0.29) is 5.91 Å². The predicted molar refractivity (Wildman–Crippen MR) is 133 cm³/mol. The molecule has 0 saturated heterocycles. The van der Waals surface area contributed by atoms with E-state index >= 15 is 0 Å². The Morgan fingerprint density at radius 2 is 1.82 bits per heavy atom. The van der Waals surface area contributed by atoms with Crippen molar-refractivity contribution in [1.29, 1.82) is 0 Å². The van der Waals surface area contributed by atoms with Crippen molar-refractivity contribution in [1.82, 2.24) is 0 Å². The maximum atomic E-state index is 13.4. The number of benzodiazepines with no additional fused rings is 1. The lowest BCUT2D eigenvalue weighted by Crippen LogP contribution is -2.42. The lowest BCUT2D eigenvalue weighted by atomic mass is 9.99. The smallest absolute Gasteiger partial charge is 0.254 e. The molecule has 0 radical (unpaired) electrons. The molecule has 168 valence electrons. The second-order valence-electron chi connectivity index (χ2n) is 7.95. The number of anilines is 1.